The van der Waals surface area contributed by atoms with Gasteiger partial charge < -0.3 is 10.2 Å². The molecule has 168 valence electrons. The zero-order valence-electron chi connectivity index (χ0n) is 18.0. The SMILES string of the molecule is CC(C(=O)NC(C)(C)C)N(Cc1cccc(Cl)c1)C(=O)CSCc1ccc(Cl)cc1Cl. The highest BCUT2D eigenvalue weighted by Crippen LogP contribution is 2.25. The summed E-state index contributed by atoms with van der Waals surface area (Å²) in [7, 11) is 0. The molecule has 2 amide bonds. The maximum atomic E-state index is 13.1. The molecule has 4 nitrogen and oxygen atoms in total. The third-order valence-corrected chi connectivity index (χ3v) is 6.19. The van der Waals surface area contributed by atoms with Crippen molar-refractivity contribution >= 4 is 58.4 Å². The first kappa shape index (κ1) is 25.9. The fourth-order valence-electron chi connectivity index (χ4n) is 2.86. The molecule has 2 aromatic rings. The standard InChI is InChI=1S/C23H27Cl3N2O2S/c1-15(22(30)27-23(2,3)4)28(12-16-6-5-7-18(24)10-16)21(29)14-31-13-17-8-9-19(25)11-20(17)26/h5-11,15H,12-14H2,1-4H3,(H,27,30). The van der Waals surface area contributed by atoms with Crippen LogP contribution in [0, 0.1) is 0 Å². The van der Waals surface area contributed by atoms with E-state index in [1.165, 1.54) is 11.8 Å². The number of carbonyl (C=O) groups is 2. The van der Waals surface area contributed by atoms with Crippen LogP contribution in [0.5, 0.6) is 0 Å². The zero-order valence-corrected chi connectivity index (χ0v) is 21.1. The number of hydrogen-bond acceptors (Lipinski definition) is 3. The second-order valence-electron chi connectivity index (χ2n) is 8.30. The number of hydrogen-bond donors (Lipinski definition) is 1. The van der Waals surface area contributed by atoms with Gasteiger partial charge in [0.05, 0.1) is 5.75 Å². The first-order valence-corrected chi connectivity index (χ1v) is 12.1. The molecule has 8 heteroatoms. The summed E-state index contributed by atoms with van der Waals surface area (Å²) in [6.07, 6.45) is 0. The van der Waals surface area contributed by atoms with E-state index in [9.17, 15) is 9.59 Å². The summed E-state index contributed by atoms with van der Waals surface area (Å²) in [5.41, 5.74) is 1.38. The fraction of sp³-hybridized carbons (Fsp3) is 0.391. The average Bonchev–Trinajstić information content (AvgIpc) is 2.66. The van der Waals surface area contributed by atoms with Gasteiger partial charge in [0.2, 0.25) is 11.8 Å². The van der Waals surface area contributed by atoms with Gasteiger partial charge in [-0.2, -0.15) is 0 Å². The van der Waals surface area contributed by atoms with Crippen LogP contribution < -0.4 is 5.32 Å². The summed E-state index contributed by atoms with van der Waals surface area (Å²) >= 11 is 19.7. The summed E-state index contributed by atoms with van der Waals surface area (Å²) in [6, 6.07) is 12.0. The molecule has 1 unspecified atom stereocenters. The van der Waals surface area contributed by atoms with Crippen LogP contribution in [0.1, 0.15) is 38.8 Å². The number of rotatable bonds is 8. The first-order chi connectivity index (χ1) is 14.5. The highest BCUT2D eigenvalue weighted by molar-refractivity contribution is 7.99. The van der Waals surface area contributed by atoms with E-state index in [2.05, 4.69) is 5.32 Å². The van der Waals surface area contributed by atoms with Crippen LogP contribution in [0.2, 0.25) is 15.1 Å². The third kappa shape index (κ3) is 8.57. The van der Waals surface area contributed by atoms with Gasteiger partial charge in [0.25, 0.3) is 0 Å². The van der Waals surface area contributed by atoms with Crippen LogP contribution in [0.3, 0.4) is 0 Å². The van der Waals surface area contributed by atoms with E-state index in [-0.39, 0.29) is 17.6 Å². The number of nitrogens with one attached hydrogen (secondary N) is 1. The Labute approximate surface area is 203 Å². The van der Waals surface area contributed by atoms with E-state index < -0.39 is 11.6 Å². The van der Waals surface area contributed by atoms with E-state index in [0.29, 0.717) is 27.4 Å². The number of nitrogens with zero attached hydrogens (tertiary/aromatic N) is 1. The Morgan fingerprint density at radius 1 is 1.06 bits per heavy atom. The minimum absolute atomic E-state index is 0.133. The smallest absolute Gasteiger partial charge is 0.242 e. The minimum Gasteiger partial charge on any atom is -0.350 e. The molecular weight excluding hydrogens is 475 g/mol. The number of amides is 2. The van der Waals surface area contributed by atoms with Crippen LogP contribution in [-0.4, -0.2) is 34.0 Å². The average molecular weight is 502 g/mol. The van der Waals surface area contributed by atoms with Crippen molar-refractivity contribution in [2.45, 2.75) is 51.6 Å². The van der Waals surface area contributed by atoms with Crippen LogP contribution in [-0.2, 0) is 21.9 Å². The maximum absolute atomic E-state index is 13.1. The Bertz CT molecular complexity index is 931. The number of carbonyl (C=O) groups excluding carboxylic acids is 2. The van der Waals surface area contributed by atoms with Crippen molar-refractivity contribution in [3.05, 3.63) is 68.7 Å². The molecule has 31 heavy (non-hydrogen) atoms. The van der Waals surface area contributed by atoms with Gasteiger partial charge in [0, 0.05) is 32.9 Å². The van der Waals surface area contributed by atoms with E-state index in [4.69, 9.17) is 34.8 Å². The summed E-state index contributed by atoms with van der Waals surface area (Å²) in [5, 5.41) is 4.68. The summed E-state index contributed by atoms with van der Waals surface area (Å²) in [6.45, 7) is 7.76. The lowest BCUT2D eigenvalue weighted by Gasteiger charge is -2.31. The molecule has 0 heterocycles. The molecule has 0 saturated carbocycles. The third-order valence-electron chi connectivity index (χ3n) is 4.41. The van der Waals surface area contributed by atoms with Crippen molar-refractivity contribution in [3.8, 4) is 0 Å². The molecule has 2 aromatic carbocycles. The second kappa shape index (κ2) is 11.5. The first-order valence-electron chi connectivity index (χ1n) is 9.84. The number of thioether (sulfide) groups is 1. The molecule has 0 aliphatic carbocycles. The van der Waals surface area contributed by atoms with Crippen molar-refractivity contribution in [1.29, 1.82) is 0 Å². The molecule has 0 fully saturated rings. The molecule has 1 atom stereocenters. The molecule has 1 N–H and O–H groups in total. The van der Waals surface area contributed by atoms with Gasteiger partial charge in [-0.05, 0) is 63.1 Å². The van der Waals surface area contributed by atoms with E-state index in [0.717, 1.165) is 11.1 Å². The van der Waals surface area contributed by atoms with Crippen molar-refractivity contribution in [1.82, 2.24) is 10.2 Å². The van der Waals surface area contributed by atoms with Gasteiger partial charge in [-0.3, -0.25) is 9.59 Å². The lowest BCUT2D eigenvalue weighted by Crippen LogP contribution is -2.52. The predicted molar refractivity (Wildman–Crippen MR) is 132 cm³/mol. The molecule has 0 aliphatic heterocycles. The Hall–Kier alpha value is -1.40. The van der Waals surface area contributed by atoms with Crippen molar-refractivity contribution in [2.24, 2.45) is 0 Å². The maximum Gasteiger partial charge on any atom is 0.242 e. The Balaban J connectivity index is 2.11. The van der Waals surface area contributed by atoms with Gasteiger partial charge in [0.15, 0.2) is 0 Å². The lowest BCUT2D eigenvalue weighted by molar-refractivity contribution is -0.139. The molecule has 0 aliphatic rings. The highest BCUT2D eigenvalue weighted by atomic mass is 35.5. The lowest BCUT2D eigenvalue weighted by atomic mass is 10.1. The van der Waals surface area contributed by atoms with Crippen LogP contribution in [0.4, 0.5) is 0 Å². The van der Waals surface area contributed by atoms with Crippen LogP contribution >= 0.6 is 46.6 Å². The summed E-state index contributed by atoms with van der Waals surface area (Å²) in [5.74, 6) is 0.447. The van der Waals surface area contributed by atoms with Gasteiger partial charge in [-0.15, -0.1) is 11.8 Å². The summed E-state index contributed by atoms with van der Waals surface area (Å²) in [4.78, 5) is 27.5. The van der Waals surface area contributed by atoms with Crippen LogP contribution in [0.25, 0.3) is 0 Å². The molecule has 0 radical (unpaired) electrons. The van der Waals surface area contributed by atoms with E-state index >= 15 is 0 Å². The zero-order chi connectivity index (χ0) is 23.2. The predicted octanol–water partition coefficient (Wildman–Crippen LogP) is 6.21. The van der Waals surface area contributed by atoms with Crippen molar-refractivity contribution < 1.29 is 9.59 Å². The topological polar surface area (TPSA) is 49.4 Å². The quantitative estimate of drug-likeness (QED) is 0.468. The molecule has 0 saturated heterocycles. The highest BCUT2D eigenvalue weighted by Gasteiger charge is 2.28. The number of halogens is 3. The van der Waals surface area contributed by atoms with Gasteiger partial charge in [0.1, 0.15) is 6.04 Å². The second-order valence-corrected chi connectivity index (χ2v) is 10.6. The Kier molecular flexibility index (Phi) is 9.56. The van der Waals surface area contributed by atoms with E-state index in [1.807, 2.05) is 39.0 Å². The Morgan fingerprint density at radius 3 is 2.35 bits per heavy atom. The minimum atomic E-state index is -0.634. The molecule has 0 aromatic heterocycles. The van der Waals surface area contributed by atoms with Gasteiger partial charge in [-0.25, -0.2) is 0 Å². The van der Waals surface area contributed by atoms with Crippen LogP contribution in [0.15, 0.2) is 42.5 Å². The fourth-order valence-corrected chi connectivity index (χ4v) is 4.54. The monoisotopic (exact) mass is 500 g/mol. The van der Waals surface area contributed by atoms with Crippen molar-refractivity contribution in [3.63, 3.8) is 0 Å². The summed E-state index contributed by atoms with van der Waals surface area (Å²) < 4.78 is 0. The number of benzene rings is 2. The largest absolute Gasteiger partial charge is 0.350 e. The van der Waals surface area contributed by atoms with E-state index in [1.54, 1.807) is 36.1 Å². The normalized spacial score (nSPS) is 12.4. The molecule has 0 bridgehead atoms. The van der Waals surface area contributed by atoms with Gasteiger partial charge in [-0.1, -0.05) is 53.0 Å². The Morgan fingerprint density at radius 2 is 1.74 bits per heavy atom. The van der Waals surface area contributed by atoms with Crippen molar-refractivity contribution in [2.75, 3.05) is 5.75 Å². The molecular formula is C23H27Cl3N2O2S. The molecule has 0 spiro atoms. The van der Waals surface area contributed by atoms with Gasteiger partial charge >= 0.3 is 0 Å². The molecule has 2 rings (SSSR count).